The predicted molar refractivity (Wildman–Crippen MR) is 145 cm³/mol. The number of rotatable bonds is 7. The summed E-state index contributed by atoms with van der Waals surface area (Å²) in [6.45, 7) is -0.295. The summed E-state index contributed by atoms with van der Waals surface area (Å²) in [5.74, 6) is -2.51. The lowest BCUT2D eigenvalue weighted by Gasteiger charge is -2.19. The van der Waals surface area contributed by atoms with Crippen molar-refractivity contribution in [3.63, 3.8) is 0 Å². The van der Waals surface area contributed by atoms with Gasteiger partial charge in [0.15, 0.2) is 0 Å². The van der Waals surface area contributed by atoms with Gasteiger partial charge in [-0.05, 0) is 35.9 Å². The molecule has 2 aromatic carbocycles. The number of nitrogens with one attached hydrogen (secondary N) is 1. The highest BCUT2D eigenvalue weighted by molar-refractivity contribution is 6.09. The second-order valence-electron chi connectivity index (χ2n) is 9.35. The number of nitrogens with two attached hydrogens (primary N) is 1. The SMILES string of the molecule is CN(C)c1ccc2c(-c3ccc(C(=O)NC[C@@H](N)C(=O)O)cc3C(=O)O)c3ccc(=[N+](C)C)cc-3oc2c1. The summed E-state index contributed by atoms with van der Waals surface area (Å²) in [4.78, 5) is 38.0. The molecule has 196 valence electrons. The van der Waals surface area contributed by atoms with E-state index in [0.717, 1.165) is 11.0 Å². The van der Waals surface area contributed by atoms with E-state index < -0.39 is 23.9 Å². The summed E-state index contributed by atoms with van der Waals surface area (Å²) in [7, 11) is 7.68. The number of fused-ring (bicyclic) bond motifs is 2. The fourth-order valence-corrected chi connectivity index (χ4v) is 4.19. The summed E-state index contributed by atoms with van der Waals surface area (Å²) in [6.07, 6.45) is 0. The lowest BCUT2D eigenvalue weighted by Crippen LogP contribution is -2.42. The maximum atomic E-state index is 12.6. The van der Waals surface area contributed by atoms with Crippen molar-refractivity contribution in [1.29, 1.82) is 0 Å². The van der Waals surface area contributed by atoms with Crippen LogP contribution in [0.15, 0.2) is 59.0 Å². The summed E-state index contributed by atoms with van der Waals surface area (Å²) >= 11 is 0. The number of hydrogen-bond acceptors (Lipinski definition) is 6. The van der Waals surface area contributed by atoms with Crippen LogP contribution in [-0.2, 0) is 4.79 Å². The van der Waals surface area contributed by atoms with Gasteiger partial charge in [0.1, 0.15) is 31.5 Å². The number of anilines is 1. The van der Waals surface area contributed by atoms with Crippen LogP contribution < -0.4 is 25.9 Å². The monoisotopic (exact) mass is 517 g/mol. The van der Waals surface area contributed by atoms with Crippen molar-refractivity contribution in [3.8, 4) is 22.5 Å². The first-order valence-corrected chi connectivity index (χ1v) is 11.8. The molecule has 2 aromatic rings. The van der Waals surface area contributed by atoms with Gasteiger partial charge in [-0.2, -0.15) is 0 Å². The fourth-order valence-electron chi connectivity index (χ4n) is 4.19. The predicted octanol–water partition coefficient (Wildman–Crippen LogP) is 2.14. The van der Waals surface area contributed by atoms with Gasteiger partial charge in [0.2, 0.25) is 5.36 Å². The first-order valence-electron chi connectivity index (χ1n) is 11.8. The van der Waals surface area contributed by atoms with Gasteiger partial charge in [0.05, 0.1) is 11.6 Å². The minimum absolute atomic E-state index is 0.0720. The molecule has 0 unspecified atom stereocenters. The minimum atomic E-state index is -1.28. The van der Waals surface area contributed by atoms with E-state index in [1.54, 1.807) is 6.07 Å². The molecule has 5 N–H and O–H groups in total. The van der Waals surface area contributed by atoms with Gasteiger partial charge in [0.25, 0.3) is 5.91 Å². The van der Waals surface area contributed by atoms with Crippen LogP contribution in [0.4, 0.5) is 5.69 Å². The van der Waals surface area contributed by atoms with Gasteiger partial charge >= 0.3 is 11.9 Å². The van der Waals surface area contributed by atoms with Gasteiger partial charge in [-0.1, -0.05) is 6.07 Å². The second kappa shape index (κ2) is 10.3. The Morgan fingerprint density at radius 1 is 1.00 bits per heavy atom. The third kappa shape index (κ3) is 5.07. The molecule has 2 aliphatic rings. The number of carboxylic acid groups (broad SMARTS) is 2. The van der Waals surface area contributed by atoms with E-state index in [1.807, 2.05) is 74.1 Å². The normalized spacial score (nSPS) is 11.8. The molecular formula is C28H29N4O6+. The number of amides is 1. The Balaban J connectivity index is 1.95. The molecule has 38 heavy (non-hydrogen) atoms. The Labute approximate surface area is 218 Å². The van der Waals surface area contributed by atoms with E-state index in [0.29, 0.717) is 33.4 Å². The second-order valence-corrected chi connectivity index (χ2v) is 9.35. The third-order valence-corrected chi connectivity index (χ3v) is 6.30. The largest absolute Gasteiger partial charge is 0.480 e. The molecule has 1 amide bonds. The van der Waals surface area contributed by atoms with E-state index in [1.165, 1.54) is 12.1 Å². The Bertz CT molecular complexity index is 1620. The summed E-state index contributed by atoms with van der Waals surface area (Å²) in [6, 6.07) is 14.5. The number of carbonyl (C=O) groups excluding carboxylic acids is 1. The number of benzene rings is 3. The zero-order valence-electron chi connectivity index (χ0n) is 21.5. The molecule has 1 aliphatic carbocycles. The molecule has 0 fully saturated rings. The molecule has 1 heterocycles. The number of aliphatic carboxylic acids is 1. The molecule has 0 aromatic heterocycles. The van der Waals surface area contributed by atoms with Gasteiger partial charge < -0.3 is 30.6 Å². The zero-order chi connectivity index (χ0) is 27.7. The lowest BCUT2D eigenvalue weighted by molar-refractivity contribution is -0.138. The number of hydrogen-bond donors (Lipinski definition) is 4. The molecular weight excluding hydrogens is 488 g/mol. The Kier molecular flexibility index (Phi) is 7.18. The third-order valence-electron chi connectivity index (χ3n) is 6.30. The van der Waals surface area contributed by atoms with Gasteiger partial charge in [-0.15, -0.1) is 0 Å². The van der Waals surface area contributed by atoms with Crippen LogP contribution in [0.25, 0.3) is 33.4 Å². The molecule has 10 nitrogen and oxygen atoms in total. The smallest absolute Gasteiger partial charge is 0.336 e. The minimum Gasteiger partial charge on any atom is -0.480 e. The van der Waals surface area contributed by atoms with Crippen molar-refractivity contribution >= 4 is 34.5 Å². The highest BCUT2D eigenvalue weighted by atomic mass is 16.4. The highest BCUT2D eigenvalue weighted by Gasteiger charge is 2.24. The Hall–Kier alpha value is -4.70. The number of carboxylic acids is 2. The standard InChI is InChI=1S/C28H28N4O6/c1-31(2)16-6-9-19-23(12-16)38-24-13-17(32(3)4)7-10-20(24)25(19)18-8-5-15(11-21(18)27(34)35)26(33)30-14-22(29)28(36)37/h5-13,22H,14,29H2,1-4H3,(H2-,30,33,34,35,36,37)/p+1/t22-/m1/s1. The van der Waals surface area contributed by atoms with Gasteiger partial charge in [-0.3, -0.25) is 9.59 Å². The van der Waals surface area contributed by atoms with E-state index in [-0.39, 0.29) is 17.7 Å². The van der Waals surface area contributed by atoms with E-state index in [9.17, 15) is 19.5 Å². The van der Waals surface area contributed by atoms with Gasteiger partial charge in [0, 0.05) is 60.5 Å². The number of carbonyl (C=O) groups is 3. The lowest BCUT2D eigenvalue weighted by atomic mass is 9.89. The van der Waals surface area contributed by atoms with Crippen molar-refractivity contribution in [2.75, 3.05) is 39.6 Å². The fraction of sp³-hybridized carbons (Fsp3) is 0.214. The van der Waals surface area contributed by atoms with Crippen molar-refractivity contribution in [1.82, 2.24) is 9.89 Å². The molecule has 0 radical (unpaired) electrons. The first-order chi connectivity index (χ1) is 18.0. The van der Waals surface area contributed by atoms with Crippen molar-refractivity contribution in [2.24, 2.45) is 5.73 Å². The van der Waals surface area contributed by atoms with E-state index in [4.69, 9.17) is 15.3 Å². The Morgan fingerprint density at radius 2 is 1.71 bits per heavy atom. The maximum absolute atomic E-state index is 12.6. The molecule has 4 rings (SSSR count). The van der Waals surface area contributed by atoms with Crippen molar-refractivity contribution in [3.05, 3.63) is 71.1 Å². The Morgan fingerprint density at radius 3 is 2.34 bits per heavy atom. The summed E-state index contributed by atoms with van der Waals surface area (Å²) in [5, 5.41) is 23.2. The summed E-state index contributed by atoms with van der Waals surface area (Å²) < 4.78 is 8.25. The topological polar surface area (TPSA) is 149 Å². The van der Waals surface area contributed by atoms with Crippen molar-refractivity contribution in [2.45, 2.75) is 6.04 Å². The quantitative estimate of drug-likeness (QED) is 0.215. The molecule has 1 atom stereocenters. The van der Waals surface area contributed by atoms with Crippen LogP contribution in [0.5, 0.6) is 0 Å². The average molecular weight is 518 g/mol. The van der Waals surface area contributed by atoms with Crippen LogP contribution in [0.3, 0.4) is 0 Å². The van der Waals surface area contributed by atoms with Crippen LogP contribution in [0, 0.1) is 0 Å². The zero-order valence-corrected chi connectivity index (χ0v) is 21.5. The highest BCUT2D eigenvalue weighted by Crippen LogP contribution is 2.42. The van der Waals surface area contributed by atoms with E-state index in [2.05, 4.69) is 5.32 Å². The summed E-state index contributed by atoms with van der Waals surface area (Å²) in [5.41, 5.74) is 8.74. The number of nitrogens with zero attached hydrogens (tertiary/aromatic N) is 2. The van der Waals surface area contributed by atoms with Crippen molar-refractivity contribution < 1.29 is 29.0 Å². The first kappa shape index (κ1) is 26.4. The molecule has 10 heteroatoms. The molecule has 0 saturated heterocycles. The molecule has 0 saturated carbocycles. The van der Waals surface area contributed by atoms with Gasteiger partial charge in [-0.25, -0.2) is 9.37 Å². The van der Waals surface area contributed by atoms with Crippen LogP contribution in [0.2, 0.25) is 0 Å². The number of aromatic carboxylic acids is 1. The van der Waals surface area contributed by atoms with E-state index >= 15 is 0 Å². The molecule has 0 bridgehead atoms. The van der Waals surface area contributed by atoms with Crippen LogP contribution in [0.1, 0.15) is 20.7 Å². The maximum Gasteiger partial charge on any atom is 0.336 e. The van der Waals surface area contributed by atoms with Crippen LogP contribution >= 0.6 is 0 Å². The molecule has 0 spiro atoms. The molecule has 1 aliphatic heterocycles. The van der Waals surface area contributed by atoms with Crippen LogP contribution in [-0.4, -0.2) is 68.8 Å². The average Bonchev–Trinajstić information content (AvgIpc) is 2.88.